The average Bonchev–Trinajstić information content (AvgIpc) is 2.83. The van der Waals surface area contributed by atoms with Crippen LogP contribution in [0.5, 0.6) is 0 Å². The van der Waals surface area contributed by atoms with Crippen LogP contribution in [0.4, 0.5) is 0 Å². The molecule has 0 spiro atoms. The second-order valence-corrected chi connectivity index (χ2v) is 9.04. The van der Waals surface area contributed by atoms with E-state index in [1.165, 1.54) is 0 Å². The topological polar surface area (TPSA) is 93.8 Å². The van der Waals surface area contributed by atoms with Crippen LogP contribution >= 0.6 is 0 Å². The Morgan fingerprint density at radius 3 is 1.15 bits per heavy atom. The fourth-order valence-electron chi connectivity index (χ4n) is 3.67. The first-order chi connectivity index (χ1) is 16.5. The molecule has 3 amide bonds. The highest BCUT2D eigenvalue weighted by molar-refractivity contribution is 5.76. The van der Waals surface area contributed by atoms with E-state index >= 15 is 0 Å². The molecule has 0 unspecified atom stereocenters. The van der Waals surface area contributed by atoms with E-state index in [4.69, 9.17) is 0 Å². The largest absolute Gasteiger partial charge is 0.356 e. The Bertz CT molecular complexity index is 507. The third-order valence-electron chi connectivity index (χ3n) is 5.67. The first kappa shape index (κ1) is 32.3. The summed E-state index contributed by atoms with van der Waals surface area (Å²) < 4.78 is 0. The zero-order valence-electron chi connectivity index (χ0n) is 22.6. The Labute approximate surface area is 209 Å². The number of carbonyl (C=O) groups excluding carboxylic acids is 3. The lowest BCUT2D eigenvalue weighted by Crippen LogP contribution is -2.35. The van der Waals surface area contributed by atoms with E-state index in [1.54, 1.807) is 0 Å². The second-order valence-electron chi connectivity index (χ2n) is 9.04. The molecule has 34 heavy (non-hydrogen) atoms. The second kappa shape index (κ2) is 23.1. The predicted molar refractivity (Wildman–Crippen MR) is 141 cm³/mol. The van der Waals surface area contributed by atoms with Crippen molar-refractivity contribution in [1.82, 2.24) is 25.8 Å². The van der Waals surface area contributed by atoms with Crippen LogP contribution in [0, 0.1) is 0 Å². The summed E-state index contributed by atoms with van der Waals surface area (Å²) in [5, 5.41) is 8.82. The van der Waals surface area contributed by atoms with Crippen molar-refractivity contribution < 1.29 is 14.4 Å². The van der Waals surface area contributed by atoms with E-state index in [0.717, 1.165) is 77.7 Å². The first-order valence-electron chi connectivity index (χ1n) is 13.7. The number of amides is 3. The van der Waals surface area contributed by atoms with Gasteiger partial charge >= 0.3 is 0 Å². The minimum absolute atomic E-state index is 0.0838. The molecule has 0 bridgehead atoms. The number of hydrogen-bond donors (Lipinski definition) is 3. The average molecular weight is 484 g/mol. The van der Waals surface area contributed by atoms with Gasteiger partial charge in [-0.3, -0.25) is 14.4 Å². The zero-order chi connectivity index (χ0) is 25.4. The van der Waals surface area contributed by atoms with Crippen molar-refractivity contribution >= 4 is 17.7 Å². The summed E-state index contributed by atoms with van der Waals surface area (Å²) in [6.45, 7) is 15.6. The van der Waals surface area contributed by atoms with E-state index in [9.17, 15) is 14.4 Å². The molecule has 0 aliphatic heterocycles. The summed E-state index contributed by atoms with van der Waals surface area (Å²) >= 11 is 0. The molecule has 8 heteroatoms. The maximum Gasteiger partial charge on any atom is 0.221 e. The Morgan fingerprint density at radius 1 is 0.471 bits per heavy atom. The normalized spacial score (nSPS) is 11.1. The van der Waals surface area contributed by atoms with Crippen LogP contribution in [-0.2, 0) is 14.4 Å². The van der Waals surface area contributed by atoms with E-state index in [0.29, 0.717) is 45.4 Å². The number of rotatable bonds is 23. The summed E-state index contributed by atoms with van der Waals surface area (Å²) in [6, 6.07) is 0. The molecule has 0 heterocycles. The number of hydrogen-bond acceptors (Lipinski definition) is 5. The molecule has 0 atom stereocenters. The molecular weight excluding hydrogens is 430 g/mol. The highest BCUT2D eigenvalue weighted by Gasteiger charge is 2.11. The van der Waals surface area contributed by atoms with Crippen molar-refractivity contribution in [1.29, 1.82) is 0 Å². The fourth-order valence-corrected chi connectivity index (χ4v) is 3.67. The smallest absolute Gasteiger partial charge is 0.221 e. The van der Waals surface area contributed by atoms with Crippen molar-refractivity contribution in [3.63, 3.8) is 0 Å². The number of nitrogens with zero attached hydrogens (tertiary/aromatic N) is 2. The van der Waals surface area contributed by atoms with Crippen LogP contribution in [0.25, 0.3) is 0 Å². The third-order valence-corrected chi connectivity index (χ3v) is 5.67. The lowest BCUT2D eigenvalue weighted by molar-refractivity contribution is -0.122. The summed E-state index contributed by atoms with van der Waals surface area (Å²) in [5.41, 5.74) is 0. The highest BCUT2D eigenvalue weighted by atomic mass is 16.2. The summed E-state index contributed by atoms with van der Waals surface area (Å²) in [4.78, 5) is 40.6. The molecular formula is C26H53N5O3. The van der Waals surface area contributed by atoms with Gasteiger partial charge in [-0.15, -0.1) is 0 Å². The van der Waals surface area contributed by atoms with Gasteiger partial charge in [0.1, 0.15) is 0 Å². The molecule has 8 nitrogen and oxygen atoms in total. The van der Waals surface area contributed by atoms with Gasteiger partial charge < -0.3 is 25.8 Å². The molecule has 0 aromatic heterocycles. The Kier molecular flexibility index (Phi) is 22.0. The van der Waals surface area contributed by atoms with E-state index in [1.807, 2.05) is 13.8 Å². The molecule has 0 aromatic carbocycles. The van der Waals surface area contributed by atoms with Crippen molar-refractivity contribution in [3.05, 3.63) is 0 Å². The van der Waals surface area contributed by atoms with E-state index in [2.05, 4.69) is 39.6 Å². The summed E-state index contributed by atoms with van der Waals surface area (Å²) in [6.07, 6.45) is 8.68. The minimum atomic E-state index is 0.0838. The molecule has 0 aromatic rings. The fraction of sp³-hybridized carbons (Fsp3) is 0.885. The van der Waals surface area contributed by atoms with E-state index < -0.39 is 0 Å². The van der Waals surface area contributed by atoms with Crippen molar-refractivity contribution in [2.75, 3.05) is 58.9 Å². The number of unbranched alkanes of at least 4 members (excludes halogenated alkanes) is 2. The molecule has 0 aliphatic rings. The van der Waals surface area contributed by atoms with Gasteiger partial charge in [-0.25, -0.2) is 0 Å². The number of carbonyl (C=O) groups is 3. The van der Waals surface area contributed by atoms with Crippen molar-refractivity contribution in [2.45, 2.75) is 91.9 Å². The van der Waals surface area contributed by atoms with Gasteiger partial charge in [-0.2, -0.15) is 0 Å². The van der Waals surface area contributed by atoms with Crippen LogP contribution in [0.1, 0.15) is 91.9 Å². The molecule has 0 saturated carbocycles. The molecule has 3 N–H and O–H groups in total. The zero-order valence-corrected chi connectivity index (χ0v) is 22.6. The lowest BCUT2D eigenvalue weighted by Gasteiger charge is -2.23. The summed E-state index contributed by atoms with van der Waals surface area (Å²) in [5.74, 6) is 0.311. The summed E-state index contributed by atoms with van der Waals surface area (Å²) in [7, 11) is 0. The van der Waals surface area contributed by atoms with Crippen LogP contribution in [0.15, 0.2) is 0 Å². The van der Waals surface area contributed by atoms with Crippen LogP contribution in [0.2, 0.25) is 0 Å². The van der Waals surface area contributed by atoms with Crippen LogP contribution in [-0.4, -0.2) is 86.4 Å². The maximum absolute atomic E-state index is 12.0. The lowest BCUT2D eigenvalue weighted by atomic mass is 10.2. The van der Waals surface area contributed by atoms with Gasteiger partial charge in [0.15, 0.2) is 0 Å². The molecule has 0 rings (SSSR count). The SMILES string of the molecule is CCCNC(=O)CCN(CCC)CCCCCN(CCC(=O)NCCC)CCC(=O)NCCC. The van der Waals surface area contributed by atoms with Gasteiger partial charge in [0.2, 0.25) is 17.7 Å². The molecule has 0 fully saturated rings. The van der Waals surface area contributed by atoms with Gasteiger partial charge in [0, 0.05) is 58.5 Å². The quantitative estimate of drug-likeness (QED) is 0.194. The monoisotopic (exact) mass is 483 g/mol. The minimum Gasteiger partial charge on any atom is -0.356 e. The molecule has 0 aliphatic carbocycles. The van der Waals surface area contributed by atoms with Gasteiger partial charge in [0.05, 0.1) is 0 Å². The van der Waals surface area contributed by atoms with Crippen LogP contribution in [0.3, 0.4) is 0 Å². The predicted octanol–water partition coefficient (Wildman–Crippen LogP) is 2.92. The van der Waals surface area contributed by atoms with Crippen molar-refractivity contribution in [2.24, 2.45) is 0 Å². The van der Waals surface area contributed by atoms with Crippen LogP contribution < -0.4 is 16.0 Å². The Balaban J connectivity index is 4.38. The van der Waals surface area contributed by atoms with Gasteiger partial charge in [-0.1, -0.05) is 34.1 Å². The van der Waals surface area contributed by atoms with Gasteiger partial charge in [-0.05, 0) is 58.2 Å². The van der Waals surface area contributed by atoms with Gasteiger partial charge in [0.25, 0.3) is 0 Å². The standard InChI is InChI=1S/C26H53N5O3/c1-5-15-27-24(32)12-21-30(18-8-4)19-10-9-11-20-31(22-13-25(33)28-16-6-2)23-14-26(34)29-17-7-3/h5-23H2,1-4H3,(H,27,32)(H,28,33)(H,29,34). The maximum atomic E-state index is 12.0. The molecule has 0 radical (unpaired) electrons. The van der Waals surface area contributed by atoms with Crippen molar-refractivity contribution in [3.8, 4) is 0 Å². The number of nitrogens with one attached hydrogen (secondary N) is 3. The molecule has 0 saturated heterocycles. The Morgan fingerprint density at radius 2 is 0.824 bits per heavy atom. The van der Waals surface area contributed by atoms with E-state index in [-0.39, 0.29) is 17.7 Å². The highest BCUT2D eigenvalue weighted by Crippen LogP contribution is 2.05. The first-order valence-corrected chi connectivity index (χ1v) is 13.7. The Hall–Kier alpha value is -1.67. The third kappa shape index (κ3) is 19.8. The molecule has 200 valence electrons.